The summed E-state index contributed by atoms with van der Waals surface area (Å²) in [6, 6.07) is 8.64. The van der Waals surface area contributed by atoms with Crippen molar-refractivity contribution in [2.45, 2.75) is 31.3 Å². The van der Waals surface area contributed by atoms with Gasteiger partial charge in [-0.15, -0.1) is 0 Å². The van der Waals surface area contributed by atoms with Crippen LogP contribution in [0, 0.1) is 0 Å². The highest BCUT2D eigenvalue weighted by Crippen LogP contribution is 2.30. The van der Waals surface area contributed by atoms with E-state index in [0.29, 0.717) is 0 Å². The largest absolute Gasteiger partial charge is 0.387 e. The zero-order valence-corrected chi connectivity index (χ0v) is 11.8. The molecule has 104 valence electrons. The van der Waals surface area contributed by atoms with Gasteiger partial charge in [0, 0.05) is 25.3 Å². The smallest absolute Gasteiger partial charge is 0.0948 e. The molecule has 19 heavy (non-hydrogen) atoms. The van der Waals surface area contributed by atoms with Crippen LogP contribution in [0.15, 0.2) is 24.3 Å². The third kappa shape index (κ3) is 2.77. The zero-order valence-electron chi connectivity index (χ0n) is 11.8. The van der Waals surface area contributed by atoms with E-state index in [-0.39, 0.29) is 0 Å². The van der Waals surface area contributed by atoms with E-state index in [0.717, 1.165) is 39.0 Å². The molecule has 0 spiro atoms. The molecule has 2 aliphatic rings. The number of hydrogen-bond donors (Lipinski definition) is 1. The molecule has 0 saturated carbocycles. The summed E-state index contributed by atoms with van der Waals surface area (Å²) in [6.45, 7) is 3.75. The first-order valence-electron chi connectivity index (χ1n) is 7.40. The molecule has 1 aromatic rings. The number of para-hydroxylation sites is 1. The third-order valence-electron chi connectivity index (χ3n) is 4.44. The Morgan fingerprint density at radius 3 is 2.89 bits per heavy atom. The lowest BCUT2D eigenvalue weighted by Crippen LogP contribution is -2.54. The predicted octanol–water partition coefficient (Wildman–Crippen LogP) is 1.90. The quantitative estimate of drug-likeness (QED) is 0.880. The van der Waals surface area contributed by atoms with Crippen LogP contribution in [0.1, 0.15) is 24.8 Å². The summed E-state index contributed by atoms with van der Waals surface area (Å²) in [7, 11) is 2.11. The maximum atomic E-state index is 10.8. The summed E-state index contributed by atoms with van der Waals surface area (Å²) >= 11 is 0. The van der Waals surface area contributed by atoms with Gasteiger partial charge in [0.2, 0.25) is 0 Å². The summed E-state index contributed by atoms with van der Waals surface area (Å²) in [4.78, 5) is 4.64. The highest BCUT2D eigenvalue weighted by molar-refractivity contribution is 5.55. The van der Waals surface area contributed by atoms with Crippen LogP contribution >= 0.6 is 0 Å². The number of piperidine rings is 1. The number of hydrogen-bond acceptors (Lipinski definition) is 3. The fourth-order valence-corrected chi connectivity index (χ4v) is 3.60. The van der Waals surface area contributed by atoms with Crippen molar-refractivity contribution in [1.82, 2.24) is 4.90 Å². The summed E-state index contributed by atoms with van der Waals surface area (Å²) in [6.07, 6.45) is 4.40. The van der Waals surface area contributed by atoms with Gasteiger partial charge in [0.25, 0.3) is 0 Å². The molecule has 0 amide bonds. The van der Waals surface area contributed by atoms with Crippen molar-refractivity contribution >= 4 is 5.69 Å². The minimum atomic E-state index is -0.544. The second-order valence-electron chi connectivity index (χ2n) is 6.22. The van der Waals surface area contributed by atoms with E-state index in [4.69, 9.17) is 0 Å². The molecule has 2 heterocycles. The first-order valence-corrected chi connectivity index (χ1v) is 7.40. The van der Waals surface area contributed by atoms with E-state index in [1.807, 2.05) is 0 Å². The first-order chi connectivity index (χ1) is 9.16. The summed E-state index contributed by atoms with van der Waals surface area (Å²) in [5.41, 5.74) is 2.22. The van der Waals surface area contributed by atoms with E-state index in [1.54, 1.807) is 0 Å². The van der Waals surface area contributed by atoms with Crippen LogP contribution in [-0.2, 0) is 6.42 Å². The van der Waals surface area contributed by atoms with Crippen LogP contribution in [0.2, 0.25) is 0 Å². The molecule has 0 aromatic heterocycles. The van der Waals surface area contributed by atoms with E-state index in [9.17, 15) is 5.11 Å². The number of likely N-dealkylation sites (N-methyl/N-ethyl adjacent to an activating group) is 1. The van der Waals surface area contributed by atoms with Crippen LogP contribution in [0.25, 0.3) is 0 Å². The first kappa shape index (κ1) is 12.9. The molecule has 1 atom stereocenters. The second kappa shape index (κ2) is 5.14. The number of likely N-dealkylation sites (tertiary alicyclic amines) is 1. The van der Waals surface area contributed by atoms with Gasteiger partial charge in [-0.2, -0.15) is 0 Å². The lowest BCUT2D eigenvalue weighted by molar-refractivity contribution is -0.0166. The SMILES string of the molecule is CN1CCC[C@](O)(CN2CCCc3ccccc32)C1. The average molecular weight is 260 g/mol. The van der Waals surface area contributed by atoms with Gasteiger partial charge in [0.05, 0.1) is 5.60 Å². The monoisotopic (exact) mass is 260 g/mol. The molecular formula is C16H24N2O. The molecule has 0 unspecified atom stereocenters. The molecule has 2 aliphatic heterocycles. The van der Waals surface area contributed by atoms with Crippen molar-refractivity contribution in [2.24, 2.45) is 0 Å². The van der Waals surface area contributed by atoms with Gasteiger partial charge < -0.3 is 14.9 Å². The Morgan fingerprint density at radius 1 is 1.21 bits per heavy atom. The number of anilines is 1. The lowest BCUT2D eigenvalue weighted by atomic mass is 9.91. The van der Waals surface area contributed by atoms with Crippen molar-refractivity contribution in [3.63, 3.8) is 0 Å². The highest BCUT2D eigenvalue weighted by atomic mass is 16.3. The van der Waals surface area contributed by atoms with E-state index in [2.05, 4.69) is 41.1 Å². The number of aliphatic hydroxyl groups is 1. The Hall–Kier alpha value is -1.06. The summed E-state index contributed by atoms with van der Waals surface area (Å²) in [5.74, 6) is 0. The molecule has 3 nitrogen and oxygen atoms in total. The van der Waals surface area contributed by atoms with Gasteiger partial charge in [0.1, 0.15) is 0 Å². The number of fused-ring (bicyclic) bond motifs is 1. The van der Waals surface area contributed by atoms with Gasteiger partial charge in [0.15, 0.2) is 0 Å². The van der Waals surface area contributed by atoms with Crippen LogP contribution in [0.4, 0.5) is 5.69 Å². The lowest BCUT2D eigenvalue weighted by Gasteiger charge is -2.42. The molecule has 1 aromatic carbocycles. The molecule has 0 bridgehead atoms. The number of aryl methyl sites for hydroxylation is 1. The van der Waals surface area contributed by atoms with E-state index < -0.39 is 5.60 Å². The maximum absolute atomic E-state index is 10.8. The van der Waals surface area contributed by atoms with Crippen molar-refractivity contribution in [1.29, 1.82) is 0 Å². The molecule has 3 rings (SSSR count). The molecule has 1 fully saturated rings. The van der Waals surface area contributed by atoms with Crippen LogP contribution < -0.4 is 4.90 Å². The second-order valence-corrected chi connectivity index (χ2v) is 6.22. The number of rotatable bonds is 2. The normalized spacial score (nSPS) is 28.2. The fraction of sp³-hybridized carbons (Fsp3) is 0.625. The Balaban J connectivity index is 1.77. The molecule has 0 radical (unpaired) electrons. The summed E-state index contributed by atoms with van der Waals surface area (Å²) < 4.78 is 0. The Morgan fingerprint density at radius 2 is 2.05 bits per heavy atom. The van der Waals surface area contributed by atoms with Crippen molar-refractivity contribution in [2.75, 3.05) is 38.1 Å². The van der Waals surface area contributed by atoms with Crippen LogP contribution in [-0.4, -0.2) is 48.8 Å². The van der Waals surface area contributed by atoms with Crippen molar-refractivity contribution < 1.29 is 5.11 Å². The predicted molar refractivity (Wildman–Crippen MR) is 78.7 cm³/mol. The fourth-order valence-electron chi connectivity index (χ4n) is 3.60. The molecule has 0 aliphatic carbocycles. The van der Waals surface area contributed by atoms with Crippen LogP contribution in [0.5, 0.6) is 0 Å². The maximum Gasteiger partial charge on any atom is 0.0948 e. The van der Waals surface area contributed by atoms with Gasteiger partial charge in [-0.05, 0) is 50.9 Å². The van der Waals surface area contributed by atoms with Gasteiger partial charge >= 0.3 is 0 Å². The topological polar surface area (TPSA) is 26.7 Å². The Labute approximate surface area is 115 Å². The van der Waals surface area contributed by atoms with Crippen molar-refractivity contribution in [3.05, 3.63) is 29.8 Å². The molecule has 1 N–H and O–H groups in total. The Kier molecular flexibility index (Phi) is 3.50. The van der Waals surface area contributed by atoms with Crippen molar-refractivity contribution in [3.8, 4) is 0 Å². The van der Waals surface area contributed by atoms with E-state index in [1.165, 1.54) is 24.1 Å². The number of β-amino-alcohol motifs (C(OH)–C–C–N with tert-alkyl or cyclic N) is 1. The summed E-state index contributed by atoms with van der Waals surface area (Å²) in [5, 5.41) is 10.8. The third-order valence-corrected chi connectivity index (χ3v) is 4.44. The van der Waals surface area contributed by atoms with Gasteiger partial charge in [-0.3, -0.25) is 0 Å². The number of nitrogens with zero attached hydrogens (tertiary/aromatic N) is 2. The molecular weight excluding hydrogens is 236 g/mol. The van der Waals surface area contributed by atoms with Gasteiger partial charge in [-0.25, -0.2) is 0 Å². The molecule has 3 heteroatoms. The standard InChI is InChI=1S/C16H24N2O/c1-17-10-5-9-16(19,12-17)13-18-11-4-7-14-6-2-3-8-15(14)18/h2-3,6,8,19H,4-5,7,9-13H2,1H3/t16-/m1/s1. The zero-order chi connectivity index (χ0) is 13.3. The van der Waals surface area contributed by atoms with E-state index >= 15 is 0 Å². The minimum absolute atomic E-state index is 0.544. The van der Waals surface area contributed by atoms with Crippen LogP contribution in [0.3, 0.4) is 0 Å². The highest BCUT2D eigenvalue weighted by Gasteiger charge is 2.34. The number of benzene rings is 1. The van der Waals surface area contributed by atoms with Gasteiger partial charge in [-0.1, -0.05) is 18.2 Å². The Bertz CT molecular complexity index is 448. The molecule has 1 saturated heterocycles. The average Bonchev–Trinajstić information content (AvgIpc) is 2.38. The minimum Gasteiger partial charge on any atom is -0.387 e.